The molecule has 0 radical (unpaired) electrons. The van der Waals surface area contributed by atoms with E-state index in [1.54, 1.807) is 7.11 Å². The molecule has 5 nitrogen and oxygen atoms in total. The third-order valence-corrected chi connectivity index (χ3v) is 6.38. The van der Waals surface area contributed by atoms with Crippen LogP contribution in [0.4, 0.5) is 0 Å². The minimum Gasteiger partial charge on any atom is -0.493 e. The first-order valence-electron chi connectivity index (χ1n) is 11.5. The third kappa shape index (κ3) is 5.20. The number of hydrogen-bond donors (Lipinski definition) is 1. The molecular formula is C28H31NO4. The molecule has 1 heterocycles. The summed E-state index contributed by atoms with van der Waals surface area (Å²) in [6.07, 6.45) is 1.31. The highest BCUT2D eigenvalue weighted by molar-refractivity contribution is 5.70. The quantitative estimate of drug-likeness (QED) is 0.486. The first-order chi connectivity index (χ1) is 16.1. The number of hydrogen-bond acceptors (Lipinski definition) is 4. The van der Waals surface area contributed by atoms with Crippen molar-refractivity contribution in [3.05, 3.63) is 83.9 Å². The number of nitrogens with zero attached hydrogens (tertiary/aromatic N) is 1. The first-order valence-corrected chi connectivity index (χ1v) is 11.5. The molecule has 0 spiro atoms. The number of rotatable bonds is 8. The SMILES string of the molecule is CCOc1cc(C(c2ccc(-c3ccccc3)cc2)N2CCC(C(=O)O)CC2)ccc1OC. The zero-order valence-electron chi connectivity index (χ0n) is 19.2. The van der Waals surface area contributed by atoms with Crippen LogP contribution < -0.4 is 9.47 Å². The van der Waals surface area contributed by atoms with E-state index in [2.05, 4.69) is 53.4 Å². The van der Waals surface area contributed by atoms with Crippen molar-refractivity contribution in [2.24, 2.45) is 5.92 Å². The molecule has 4 rings (SSSR count). The summed E-state index contributed by atoms with van der Waals surface area (Å²) in [6.45, 7) is 3.99. The Hall–Kier alpha value is -3.31. The topological polar surface area (TPSA) is 59.0 Å². The zero-order chi connectivity index (χ0) is 23.2. The number of likely N-dealkylation sites (tertiary alicyclic amines) is 1. The Balaban J connectivity index is 1.69. The van der Waals surface area contributed by atoms with Gasteiger partial charge in [-0.2, -0.15) is 0 Å². The Labute approximate surface area is 195 Å². The molecule has 0 saturated carbocycles. The summed E-state index contributed by atoms with van der Waals surface area (Å²) in [5.74, 6) is 0.478. The van der Waals surface area contributed by atoms with Crippen molar-refractivity contribution in [3.8, 4) is 22.6 Å². The lowest BCUT2D eigenvalue weighted by Crippen LogP contribution is -2.39. The Kier molecular flexibility index (Phi) is 7.30. The number of carboxylic acids is 1. The van der Waals surface area contributed by atoms with E-state index in [1.807, 2.05) is 31.2 Å². The molecule has 1 atom stereocenters. The van der Waals surface area contributed by atoms with Gasteiger partial charge in [-0.05, 0) is 67.2 Å². The molecule has 0 bridgehead atoms. The van der Waals surface area contributed by atoms with Crippen LogP contribution in [0.5, 0.6) is 11.5 Å². The Morgan fingerprint density at radius 3 is 2.18 bits per heavy atom. The summed E-state index contributed by atoms with van der Waals surface area (Å²) in [7, 11) is 1.65. The van der Waals surface area contributed by atoms with Gasteiger partial charge in [-0.15, -0.1) is 0 Å². The number of piperidine rings is 1. The zero-order valence-corrected chi connectivity index (χ0v) is 19.2. The number of aliphatic carboxylic acids is 1. The number of carbonyl (C=O) groups is 1. The maximum absolute atomic E-state index is 11.5. The van der Waals surface area contributed by atoms with Crippen LogP contribution in [0.3, 0.4) is 0 Å². The second kappa shape index (κ2) is 10.5. The van der Waals surface area contributed by atoms with Crippen molar-refractivity contribution in [1.29, 1.82) is 0 Å². The van der Waals surface area contributed by atoms with Crippen LogP contribution in [0, 0.1) is 5.92 Å². The summed E-state index contributed by atoms with van der Waals surface area (Å²) in [5.41, 5.74) is 4.65. The molecule has 1 aliphatic rings. The van der Waals surface area contributed by atoms with E-state index in [0.29, 0.717) is 25.2 Å². The van der Waals surface area contributed by atoms with Gasteiger partial charge in [0.2, 0.25) is 0 Å². The third-order valence-electron chi connectivity index (χ3n) is 6.38. The van der Waals surface area contributed by atoms with Crippen LogP contribution >= 0.6 is 0 Å². The molecular weight excluding hydrogens is 414 g/mol. The van der Waals surface area contributed by atoms with E-state index in [0.717, 1.165) is 24.4 Å². The Bertz CT molecular complexity index is 1060. The van der Waals surface area contributed by atoms with Gasteiger partial charge >= 0.3 is 5.97 Å². The van der Waals surface area contributed by atoms with E-state index in [1.165, 1.54) is 16.7 Å². The van der Waals surface area contributed by atoms with Gasteiger partial charge in [-0.1, -0.05) is 60.7 Å². The lowest BCUT2D eigenvalue weighted by molar-refractivity contribution is -0.143. The molecule has 1 saturated heterocycles. The van der Waals surface area contributed by atoms with Crippen LogP contribution in [0.15, 0.2) is 72.8 Å². The van der Waals surface area contributed by atoms with Crippen LogP contribution in [0.2, 0.25) is 0 Å². The minimum atomic E-state index is -0.693. The first kappa shape index (κ1) is 22.9. The molecule has 1 N–H and O–H groups in total. The summed E-state index contributed by atoms with van der Waals surface area (Å²) < 4.78 is 11.3. The van der Waals surface area contributed by atoms with E-state index in [9.17, 15) is 9.90 Å². The lowest BCUT2D eigenvalue weighted by atomic mass is 9.90. The second-order valence-corrected chi connectivity index (χ2v) is 8.38. The van der Waals surface area contributed by atoms with E-state index < -0.39 is 5.97 Å². The predicted molar refractivity (Wildman–Crippen MR) is 130 cm³/mol. The van der Waals surface area contributed by atoms with E-state index in [-0.39, 0.29) is 12.0 Å². The summed E-state index contributed by atoms with van der Waals surface area (Å²) in [5, 5.41) is 9.44. The maximum atomic E-state index is 11.5. The molecule has 3 aromatic carbocycles. The fraction of sp³-hybridized carbons (Fsp3) is 0.321. The fourth-order valence-corrected chi connectivity index (χ4v) is 4.64. The van der Waals surface area contributed by atoms with Gasteiger partial charge in [0.05, 0.1) is 25.7 Å². The molecule has 1 fully saturated rings. The van der Waals surface area contributed by atoms with Crippen molar-refractivity contribution in [2.75, 3.05) is 26.8 Å². The monoisotopic (exact) mass is 445 g/mol. The van der Waals surface area contributed by atoms with E-state index in [4.69, 9.17) is 9.47 Å². The van der Waals surface area contributed by atoms with Crippen LogP contribution in [-0.4, -0.2) is 42.8 Å². The molecule has 3 aromatic rings. The Morgan fingerprint density at radius 2 is 1.58 bits per heavy atom. The molecule has 0 aliphatic carbocycles. The molecule has 1 unspecified atom stereocenters. The van der Waals surface area contributed by atoms with Crippen LogP contribution in [0.25, 0.3) is 11.1 Å². The summed E-state index contributed by atoms with van der Waals surface area (Å²) in [6, 6.07) is 25.1. The average molecular weight is 446 g/mol. The Morgan fingerprint density at radius 1 is 0.939 bits per heavy atom. The largest absolute Gasteiger partial charge is 0.493 e. The molecule has 1 aliphatic heterocycles. The van der Waals surface area contributed by atoms with Crippen molar-refractivity contribution in [2.45, 2.75) is 25.8 Å². The average Bonchev–Trinajstić information content (AvgIpc) is 2.86. The van der Waals surface area contributed by atoms with Crippen molar-refractivity contribution >= 4 is 5.97 Å². The number of ether oxygens (including phenoxy) is 2. The van der Waals surface area contributed by atoms with Crippen LogP contribution in [0.1, 0.15) is 36.9 Å². The van der Waals surface area contributed by atoms with Crippen molar-refractivity contribution < 1.29 is 19.4 Å². The highest BCUT2D eigenvalue weighted by Crippen LogP contribution is 2.37. The number of methoxy groups -OCH3 is 1. The van der Waals surface area contributed by atoms with Gasteiger partial charge in [0.25, 0.3) is 0 Å². The van der Waals surface area contributed by atoms with Gasteiger partial charge in [-0.25, -0.2) is 0 Å². The molecule has 5 heteroatoms. The summed E-state index contributed by atoms with van der Waals surface area (Å²) >= 11 is 0. The van der Waals surface area contributed by atoms with Crippen molar-refractivity contribution in [3.63, 3.8) is 0 Å². The molecule has 0 aromatic heterocycles. The van der Waals surface area contributed by atoms with Gasteiger partial charge in [0, 0.05) is 0 Å². The van der Waals surface area contributed by atoms with Gasteiger partial charge in [0.1, 0.15) is 0 Å². The number of carboxylic acid groups (broad SMARTS) is 1. The normalized spacial score (nSPS) is 15.7. The van der Waals surface area contributed by atoms with Gasteiger partial charge in [0.15, 0.2) is 11.5 Å². The molecule has 172 valence electrons. The van der Waals surface area contributed by atoms with Gasteiger partial charge < -0.3 is 14.6 Å². The molecule has 0 amide bonds. The smallest absolute Gasteiger partial charge is 0.306 e. The lowest BCUT2D eigenvalue weighted by Gasteiger charge is -2.37. The van der Waals surface area contributed by atoms with Gasteiger partial charge in [-0.3, -0.25) is 9.69 Å². The fourth-order valence-electron chi connectivity index (χ4n) is 4.64. The highest BCUT2D eigenvalue weighted by atomic mass is 16.5. The number of benzene rings is 3. The van der Waals surface area contributed by atoms with E-state index >= 15 is 0 Å². The highest BCUT2D eigenvalue weighted by Gasteiger charge is 2.30. The molecule has 33 heavy (non-hydrogen) atoms. The predicted octanol–water partition coefficient (Wildman–Crippen LogP) is 5.65. The van der Waals surface area contributed by atoms with Crippen molar-refractivity contribution in [1.82, 2.24) is 4.90 Å². The minimum absolute atomic E-state index is 0.00896. The summed E-state index contributed by atoms with van der Waals surface area (Å²) in [4.78, 5) is 13.9. The second-order valence-electron chi connectivity index (χ2n) is 8.38. The standard InChI is InChI=1S/C28H31NO4/c1-3-33-26-19-24(13-14-25(26)32-2)27(29-17-15-23(16-18-29)28(30)31)22-11-9-21(10-12-22)20-7-5-4-6-8-20/h4-14,19,23,27H,3,15-18H2,1-2H3,(H,30,31). The maximum Gasteiger partial charge on any atom is 0.306 e. The van der Waals surface area contributed by atoms with Crippen LogP contribution in [-0.2, 0) is 4.79 Å².